The molecule has 0 saturated heterocycles. The maximum Gasteiger partial charge on any atom is 0.243 e. The Labute approximate surface area is 186 Å². The van der Waals surface area contributed by atoms with Crippen LogP contribution in [0.3, 0.4) is 0 Å². The molecule has 5 nitrogen and oxygen atoms in total. The third-order valence-corrected chi connectivity index (χ3v) is 6.91. The molecule has 0 heterocycles. The van der Waals surface area contributed by atoms with Gasteiger partial charge in [-0.25, -0.2) is 12.8 Å². The van der Waals surface area contributed by atoms with Crippen LogP contribution in [0.25, 0.3) is 0 Å². The number of benzene rings is 3. The molecule has 0 aliphatic rings. The summed E-state index contributed by atoms with van der Waals surface area (Å²) >= 11 is 5.89. The van der Waals surface area contributed by atoms with Gasteiger partial charge in [0, 0.05) is 17.3 Å². The summed E-state index contributed by atoms with van der Waals surface area (Å²) in [5.41, 5.74) is 2.64. The fourth-order valence-corrected chi connectivity index (χ4v) is 4.54. The predicted octanol–water partition coefficient (Wildman–Crippen LogP) is 4.93. The van der Waals surface area contributed by atoms with E-state index in [1.165, 1.54) is 36.4 Å². The molecule has 0 aromatic heterocycles. The van der Waals surface area contributed by atoms with Gasteiger partial charge in [0.1, 0.15) is 5.82 Å². The first-order valence-corrected chi connectivity index (χ1v) is 11.3. The molecule has 31 heavy (non-hydrogen) atoms. The van der Waals surface area contributed by atoms with Gasteiger partial charge in [0.05, 0.1) is 11.4 Å². The van der Waals surface area contributed by atoms with Gasteiger partial charge in [-0.05, 0) is 66.9 Å². The molecular formula is C23H22ClFN2O3S. The van der Waals surface area contributed by atoms with Crippen LogP contribution in [-0.4, -0.2) is 25.2 Å². The quantitative estimate of drug-likeness (QED) is 0.544. The Bertz CT molecular complexity index is 1200. The van der Waals surface area contributed by atoms with Gasteiger partial charge in [0.25, 0.3) is 0 Å². The lowest BCUT2D eigenvalue weighted by molar-refractivity contribution is -0.116. The average molecular weight is 461 g/mol. The molecule has 162 valence electrons. The molecule has 1 N–H and O–H groups in total. The number of amides is 1. The number of rotatable bonds is 7. The van der Waals surface area contributed by atoms with E-state index in [4.69, 9.17) is 11.6 Å². The van der Waals surface area contributed by atoms with Gasteiger partial charge in [0.15, 0.2) is 0 Å². The van der Waals surface area contributed by atoms with Crippen molar-refractivity contribution in [3.8, 4) is 0 Å². The Kier molecular flexibility index (Phi) is 7.10. The summed E-state index contributed by atoms with van der Waals surface area (Å²) < 4.78 is 41.3. The molecule has 0 radical (unpaired) electrons. The van der Waals surface area contributed by atoms with Crippen molar-refractivity contribution in [2.45, 2.75) is 25.3 Å². The number of carbonyl (C=O) groups excluding carboxylic acids is 1. The lowest BCUT2D eigenvalue weighted by Crippen LogP contribution is -2.37. The summed E-state index contributed by atoms with van der Waals surface area (Å²) in [5.74, 6) is -1.06. The van der Waals surface area contributed by atoms with Gasteiger partial charge in [-0.2, -0.15) is 4.31 Å². The van der Waals surface area contributed by atoms with Crippen molar-refractivity contribution in [2.24, 2.45) is 0 Å². The Morgan fingerprint density at radius 3 is 2.35 bits per heavy atom. The number of nitrogens with one attached hydrogen (secondary N) is 1. The second-order valence-corrected chi connectivity index (χ2v) is 9.54. The number of aryl methyl sites for hydroxylation is 2. The van der Waals surface area contributed by atoms with Crippen molar-refractivity contribution < 1.29 is 17.6 Å². The highest BCUT2D eigenvalue weighted by atomic mass is 35.5. The first-order valence-electron chi connectivity index (χ1n) is 9.53. The van der Waals surface area contributed by atoms with E-state index in [1.54, 1.807) is 13.0 Å². The van der Waals surface area contributed by atoms with Crippen LogP contribution < -0.4 is 5.32 Å². The molecule has 3 aromatic rings. The van der Waals surface area contributed by atoms with Crippen molar-refractivity contribution in [1.82, 2.24) is 4.31 Å². The van der Waals surface area contributed by atoms with Crippen molar-refractivity contribution in [2.75, 3.05) is 11.9 Å². The van der Waals surface area contributed by atoms with E-state index in [9.17, 15) is 17.6 Å². The van der Waals surface area contributed by atoms with E-state index < -0.39 is 28.3 Å². The number of halogens is 2. The highest BCUT2D eigenvalue weighted by molar-refractivity contribution is 7.89. The molecule has 0 fully saturated rings. The summed E-state index contributed by atoms with van der Waals surface area (Å²) in [6.45, 7) is 3.17. The average Bonchev–Trinajstić information content (AvgIpc) is 2.72. The van der Waals surface area contributed by atoms with Gasteiger partial charge in [-0.1, -0.05) is 41.9 Å². The number of anilines is 1. The van der Waals surface area contributed by atoms with Crippen LogP contribution in [0.4, 0.5) is 10.1 Å². The monoisotopic (exact) mass is 460 g/mol. The van der Waals surface area contributed by atoms with Crippen LogP contribution in [0.15, 0.2) is 71.6 Å². The molecule has 0 atom stereocenters. The maximum absolute atomic E-state index is 13.6. The normalized spacial score (nSPS) is 11.5. The number of sulfonamides is 1. The SMILES string of the molecule is Cc1ccccc1CN(CC(=O)Nc1cc(F)ccc1C)S(=O)(=O)c1ccc(Cl)cc1. The number of hydrogen-bond acceptors (Lipinski definition) is 3. The summed E-state index contributed by atoms with van der Waals surface area (Å²) in [5, 5.41) is 3.01. The fraction of sp³-hybridized carbons (Fsp3) is 0.174. The summed E-state index contributed by atoms with van der Waals surface area (Å²) in [6, 6.07) is 17.2. The van der Waals surface area contributed by atoms with E-state index in [1.807, 2.05) is 31.2 Å². The van der Waals surface area contributed by atoms with Gasteiger partial charge < -0.3 is 5.32 Å². The summed E-state index contributed by atoms with van der Waals surface area (Å²) in [4.78, 5) is 12.8. The minimum Gasteiger partial charge on any atom is -0.325 e. The highest BCUT2D eigenvalue weighted by Crippen LogP contribution is 2.22. The van der Waals surface area contributed by atoms with Crippen LogP contribution >= 0.6 is 11.6 Å². The van der Waals surface area contributed by atoms with Gasteiger partial charge in [0.2, 0.25) is 15.9 Å². The number of hydrogen-bond donors (Lipinski definition) is 1. The smallest absolute Gasteiger partial charge is 0.243 e. The van der Waals surface area contributed by atoms with E-state index in [0.29, 0.717) is 16.3 Å². The largest absolute Gasteiger partial charge is 0.325 e. The molecule has 1 amide bonds. The van der Waals surface area contributed by atoms with E-state index in [0.717, 1.165) is 15.4 Å². The van der Waals surface area contributed by atoms with Crippen LogP contribution in [0.1, 0.15) is 16.7 Å². The standard InChI is InChI=1S/C23H22ClFN2O3S/c1-16-5-3-4-6-18(16)14-27(31(29,30)21-11-8-19(24)9-12-21)15-23(28)26-22-13-20(25)10-7-17(22)2/h3-13H,14-15H2,1-2H3,(H,26,28). The third-order valence-electron chi connectivity index (χ3n) is 4.85. The zero-order valence-corrected chi connectivity index (χ0v) is 18.7. The first kappa shape index (κ1) is 22.9. The second kappa shape index (κ2) is 9.60. The topological polar surface area (TPSA) is 66.5 Å². The molecule has 0 unspecified atom stereocenters. The maximum atomic E-state index is 13.6. The van der Waals surface area contributed by atoms with Crippen molar-refractivity contribution in [3.63, 3.8) is 0 Å². The fourth-order valence-electron chi connectivity index (χ4n) is 3.04. The van der Waals surface area contributed by atoms with Crippen LogP contribution in [-0.2, 0) is 21.4 Å². The van der Waals surface area contributed by atoms with Gasteiger partial charge >= 0.3 is 0 Å². The molecule has 3 rings (SSSR count). The Hall–Kier alpha value is -2.74. The molecule has 0 aliphatic heterocycles. The van der Waals surface area contributed by atoms with Gasteiger partial charge in [-0.3, -0.25) is 4.79 Å². The molecule has 0 spiro atoms. The van der Waals surface area contributed by atoms with E-state index >= 15 is 0 Å². The molecule has 0 saturated carbocycles. The van der Waals surface area contributed by atoms with Crippen LogP contribution in [0, 0.1) is 19.7 Å². The zero-order chi connectivity index (χ0) is 22.6. The minimum absolute atomic E-state index is 0.00713. The first-order chi connectivity index (χ1) is 14.7. The summed E-state index contributed by atoms with van der Waals surface area (Å²) in [7, 11) is -4.00. The highest BCUT2D eigenvalue weighted by Gasteiger charge is 2.27. The predicted molar refractivity (Wildman–Crippen MR) is 120 cm³/mol. The molecular weight excluding hydrogens is 439 g/mol. The third kappa shape index (κ3) is 5.70. The summed E-state index contributed by atoms with van der Waals surface area (Å²) in [6.07, 6.45) is 0. The number of nitrogens with zero attached hydrogens (tertiary/aromatic N) is 1. The molecule has 8 heteroatoms. The lowest BCUT2D eigenvalue weighted by atomic mass is 10.1. The van der Waals surface area contributed by atoms with E-state index in [2.05, 4.69) is 5.32 Å². The molecule has 3 aromatic carbocycles. The van der Waals surface area contributed by atoms with Crippen molar-refractivity contribution in [1.29, 1.82) is 0 Å². The zero-order valence-electron chi connectivity index (χ0n) is 17.1. The number of carbonyl (C=O) groups is 1. The minimum atomic E-state index is -4.00. The van der Waals surface area contributed by atoms with Crippen LogP contribution in [0.2, 0.25) is 5.02 Å². The lowest BCUT2D eigenvalue weighted by Gasteiger charge is -2.23. The molecule has 0 bridgehead atoms. The molecule has 0 aliphatic carbocycles. The van der Waals surface area contributed by atoms with Crippen molar-refractivity contribution >= 4 is 33.2 Å². The Balaban J connectivity index is 1.91. The van der Waals surface area contributed by atoms with Crippen LogP contribution in [0.5, 0.6) is 0 Å². The van der Waals surface area contributed by atoms with E-state index in [-0.39, 0.29) is 11.4 Å². The van der Waals surface area contributed by atoms with Crippen molar-refractivity contribution in [3.05, 3.63) is 94.3 Å². The Morgan fingerprint density at radius 1 is 1.00 bits per heavy atom. The second-order valence-electron chi connectivity index (χ2n) is 7.16. The van der Waals surface area contributed by atoms with Gasteiger partial charge in [-0.15, -0.1) is 0 Å². The Morgan fingerprint density at radius 2 is 1.68 bits per heavy atom.